The SMILES string of the molecule is O=C(c1ccc(Cl)cc1)[C@H](CCCl)N(C(=O)c1ccc(Cl)c(Cl)c1)N1C(=O)[C@@H]2CC=CC[C@H]2C1=O. The van der Waals surface area contributed by atoms with Gasteiger partial charge >= 0.3 is 0 Å². The van der Waals surface area contributed by atoms with Gasteiger partial charge in [0.25, 0.3) is 17.7 Å². The van der Waals surface area contributed by atoms with E-state index in [0.717, 1.165) is 10.0 Å². The molecule has 3 amide bonds. The number of carbonyl (C=O) groups is 4. The highest BCUT2D eigenvalue weighted by molar-refractivity contribution is 6.42. The summed E-state index contributed by atoms with van der Waals surface area (Å²) in [4.78, 5) is 54.3. The van der Waals surface area contributed by atoms with E-state index in [4.69, 9.17) is 46.4 Å². The van der Waals surface area contributed by atoms with Crippen molar-refractivity contribution in [1.82, 2.24) is 10.0 Å². The molecule has 1 aliphatic heterocycles. The number of allylic oxidation sites excluding steroid dienone is 2. The molecule has 10 heteroatoms. The van der Waals surface area contributed by atoms with Gasteiger partial charge in [0.2, 0.25) is 0 Å². The van der Waals surface area contributed by atoms with Crippen LogP contribution < -0.4 is 0 Å². The number of hydrogen-bond donors (Lipinski definition) is 0. The maximum Gasteiger partial charge on any atom is 0.273 e. The molecule has 2 aromatic rings. The highest BCUT2D eigenvalue weighted by Crippen LogP contribution is 2.37. The quantitative estimate of drug-likeness (QED) is 0.187. The Morgan fingerprint density at radius 2 is 1.46 bits per heavy atom. The van der Waals surface area contributed by atoms with Crippen molar-refractivity contribution in [3.05, 3.63) is 80.8 Å². The number of imide groups is 1. The number of halogens is 4. The van der Waals surface area contributed by atoms with Gasteiger partial charge in [-0.05, 0) is 61.7 Å². The van der Waals surface area contributed by atoms with E-state index >= 15 is 0 Å². The number of carbonyl (C=O) groups excluding carboxylic acids is 4. The van der Waals surface area contributed by atoms with Gasteiger partial charge in [-0.15, -0.1) is 11.6 Å². The minimum absolute atomic E-state index is 0.000214. The van der Waals surface area contributed by atoms with E-state index < -0.39 is 41.4 Å². The predicted octanol–water partition coefficient (Wildman–Crippen LogP) is 5.84. The molecule has 1 heterocycles. The Morgan fingerprint density at radius 3 is 2.00 bits per heavy atom. The summed E-state index contributed by atoms with van der Waals surface area (Å²) in [6.45, 7) is 0. The van der Waals surface area contributed by atoms with Gasteiger partial charge in [-0.1, -0.05) is 47.0 Å². The molecule has 2 aromatic carbocycles. The van der Waals surface area contributed by atoms with Gasteiger partial charge in [-0.2, -0.15) is 5.01 Å². The first kappa shape index (κ1) is 25.7. The van der Waals surface area contributed by atoms with Gasteiger partial charge in [-0.3, -0.25) is 19.2 Å². The fraction of sp³-hybridized carbons (Fsp3) is 0.280. The Bertz CT molecular complexity index is 1190. The lowest BCUT2D eigenvalue weighted by atomic mass is 9.85. The van der Waals surface area contributed by atoms with Crippen LogP contribution in [-0.4, -0.2) is 45.4 Å². The molecule has 0 bridgehead atoms. The Balaban J connectivity index is 1.82. The normalized spacial score (nSPS) is 20.1. The molecule has 4 rings (SSSR count). The lowest BCUT2D eigenvalue weighted by Gasteiger charge is -2.36. The lowest BCUT2D eigenvalue weighted by molar-refractivity contribution is -0.156. The van der Waals surface area contributed by atoms with Crippen molar-refractivity contribution in [3.8, 4) is 0 Å². The van der Waals surface area contributed by atoms with Crippen LogP contribution in [0.2, 0.25) is 15.1 Å². The first-order valence-corrected chi connectivity index (χ1v) is 12.6. The average Bonchev–Trinajstić information content (AvgIpc) is 3.10. The summed E-state index contributed by atoms with van der Waals surface area (Å²) in [6, 6.07) is 9.10. The molecule has 0 radical (unpaired) electrons. The second-order valence-corrected chi connectivity index (χ2v) is 9.92. The van der Waals surface area contributed by atoms with Gasteiger partial charge in [0.15, 0.2) is 5.78 Å². The molecule has 3 atom stereocenters. The number of rotatable bonds is 7. The Hall–Kier alpha value is -2.38. The third-order valence-corrected chi connectivity index (χ3v) is 7.39. The predicted molar refractivity (Wildman–Crippen MR) is 135 cm³/mol. The van der Waals surface area contributed by atoms with Gasteiger partial charge < -0.3 is 0 Å². The van der Waals surface area contributed by atoms with Crippen LogP contribution in [0.25, 0.3) is 0 Å². The van der Waals surface area contributed by atoms with Crippen LogP contribution in [0.1, 0.15) is 40.0 Å². The van der Waals surface area contributed by atoms with Crippen LogP contribution in [-0.2, 0) is 9.59 Å². The van der Waals surface area contributed by atoms with Crippen LogP contribution >= 0.6 is 46.4 Å². The number of ketones is 1. The molecule has 35 heavy (non-hydrogen) atoms. The van der Waals surface area contributed by atoms with E-state index in [1.165, 1.54) is 30.3 Å². The lowest BCUT2D eigenvalue weighted by Crippen LogP contribution is -2.57. The largest absolute Gasteiger partial charge is 0.292 e. The molecule has 0 aromatic heterocycles. The highest BCUT2D eigenvalue weighted by atomic mass is 35.5. The number of amides is 3. The van der Waals surface area contributed by atoms with Crippen molar-refractivity contribution in [2.45, 2.75) is 25.3 Å². The van der Waals surface area contributed by atoms with Crippen LogP contribution in [0.3, 0.4) is 0 Å². The first-order chi connectivity index (χ1) is 16.7. The van der Waals surface area contributed by atoms with Gasteiger partial charge in [0, 0.05) is 22.0 Å². The fourth-order valence-corrected chi connectivity index (χ4v) is 5.03. The van der Waals surface area contributed by atoms with Crippen molar-refractivity contribution >= 4 is 69.9 Å². The smallest absolute Gasteiger partial charge is 0.273 e. The van der Waals surface area contributed by atoms with Crippen molar-refractivity contribution in [1.29, 1.82) is 0 Å². The Kier molecular flexibility index (Phi) is 7.86. The number of hydrogen-bond acceptors (Lipinski definition) is 4. The van der Waals surface area contributed by atoms with Crippen LogP contribution in [0, 0.1) is 11.8 Å². The Labute approximate surface area is 222 Å². The summed E-state index contributed by atoms with van der Waals surface area (Å²) >= 11 is 24.2. The van der Waals surface area contributed by atoms with E-state index in [0.29, 0.717) is 17.9 Å². The van der Waals surface area contributed by atoms with E-state index in [9.17, 15) is 19.2 Å². The second kappa shape index (κ2) is 10.7. The molecule has 0 saturated carbocycles. The zero-order chi connectivity index (χ0) is 25.3. The average molecular weight is 554 g/mol. The van der Waals surface area contributed by atoms with E-state index in [2.05, 4.69) is 0 Å². The summed E-state index contributed by atoms with van der Waals surface area (Å²) in [5, 5.41) is 2.56. The number of fused-ring (bicyclic) bond motifs is 1. The molecular weight excluding hydrogens is 534 g/mol. The molecule has 2 aliphatic rings. The molecule has 0 unspecified atom stereocenters. The van der Waals surface area contributed by atoms with E-state index in [1.807, 2.05) is 12.2 Å². The van der Waals surface area contributed by atoms with E-state index in [-0.39, 0.29) is 33.5 Å². The van der Waals surface area contributed by atoms with Crippen LogP contribution in [0.15, 0.2) is 54.6 Å². The fourth-order valence-electron chi connectivity index (χ4n) is 4.40. The van der Waals surface area contributed by atoms with Crippen molar-refractivity contribution in [3.63, 3.8) is 0 Å². The van der Waals surface area contributed by atoms with Crippen molar-refractivity contribution < 1.29 is 19.2 Å². The van der Waals surface area contributed by atoms with Gasteiger partial charge in [0.1, 0.15) is 6.04 Å². The summed E-state index contributed by atoms with van der Waals surface area (Å²) in [5.41, 5.74) is 0.325. The monoisotopic (exact) mass is 552 g/mol. The third kappa shape index (κ3) is 4.98. The van der Waals surface area contributed by atoms with Gasteiger partial charge in [0.05, 0.1) is 21.9 Å². The zero-order valence-corrected chi connectivity index (χ0v) is 21.3. The minimum atomic E-state index is -1.23. The first-order valence-electron chi connectivity index (χ1n) is 10.9. The molecular formula is C25H20Cl4N2O4. The maximum atomic E-state index is 13.8. The number of benzene rings is 2. The molecule has 1 aliphatic carbocycles. The van der Waals surface area contributed by atoms with Crippen LogP contribution in [0.5, 0.6) is 0 Å². The number of hydrazine groups is 1. The molecule has 182 valence electrons. The molecule has 0 N–H and O–H groups in total. The Morgan fingerprint density at radius 1 is 0.886 bits per heavy atom. The van der Waals surface area contributed by atoms with Gasteiger partial charge in [-0.25, -0.2) is 5.01 Å². The third-order valence-electron chi connectivity index (χ3n) is 6.18. The van der Waals surface area contributed by atoms with Crippen molar-refractivity contribution in [2.24, 2.45) is 11.8 Å². The number of Topliss-reactive ketones (excluding diaryl/α,β-unsaturated/α-hetero) is 1. The highest BCUT2D eigenvalue weighted by Gasteiger charge is 2.53. The second-order valence-electron chi connectivity index (χ2n) is 8.29. The summed E-state index contributed by atoms with van der Waals surface area (Å²) in [6.07, 6.45) is 4.45. The standard InChI is InChI=1S/C25H20Cl4N2O4/c26-12-11-21(22(32)14-5-8-16(27)9-6-14)30(23(33)15-7-10-19(28)20(29)13-15)31-24(34)17-3-1-2-4-18(17)25(31)35/h1-2,5-10,13,17-18,21H,3-4,11-12H2/t17-,18-,21+/m1/s1. The number of nitrogens with zero attached hydrogens (tertiary/aromatic N) is 2. The van der Waals surface area contributed by atoms with E-state index in [1.54, 1.807) is 12.1 Å². The zero-order valence-electron chi connectivity index (χ0n) is 18.3. The summed E-state index contributed by atoms with van der Waals surface area (Å²) < 4.78 is 0. The van der Waals surface area contributed by atoms with Crippen molar-refractivity contribution in [2.75, 3.05) is 5.88 Å². The molecule has 6 nitrogen and oxygen atoms in total. The summed E-state index contributed by atoms with van der Waals surface area (Å²) in [5.74, 6) is -3.47. The molecule has 0 spiro atoms. The number of alkyl halides is 1. The molecule has 1 saturated heterocycles. The minimum Gasteiger partial charge on any atom is -0.292 e. The van der Waals surface area contributed by atoms with Crippen LogP contribution in [0.4, 0.5) is 0 Å². The maximum absolute atomic E-state index is 13.8. The molecule has 1 fully saturated rings. The topological polar surface area (TPSA) is 74.8 Å². The summed E-state index contributed by atoms with van der Waals surface area (Å²) in [7, 11) is 0.